The van der Waals surface area contributed by atoms with Crippen LogP contribution in [-0.2, 0) is 9.59 Å². The van der Waals surface area contributed by atoms with Crippen molar-refractivity contribution >= 4 is 17.8 Å². The second-order valence-electron chi connectivity index (χ2n) is 7.07. The molecule has 0 bridgehead atoms. The van der Waals surface area contributed by atoms with Gasteiger partial charge in [0.25, 0.3) is 5.91 Å². The number of amides is 4. The van der Waals surface area contributed by atoms with Crippen LogP contribution in [-0.4, -0.2) is 40.4 Å². The zero-order chi connectivity index (χ0) is 16.4. The summed E-state index contributed by atoms with van der Waals surface area (Å²) < 4.78 is 0. The number of urea groups is 1. The lowest BCUT2D eigenvalue weighted by atomic mass is 9.82. The van der Waals surface area contributed by atoms with E-state index in [2.05, 4.69) is 10.6 Å². The van der Waals surface area contributed by atoms with Gasteiger partial charge in [-0.15, -0.1) is 0 Å². The Bertz CT molecular complexity index is 467. The fourth-order valence-electron chi connectivity index (χ4n) is 3.12. The van der Waals surface area contributed by atoms with E-state index in [0.717, 1.165) is 25.7 Å². The van der Waals surface area contributed by atoms with E-state index < -0.39 is 5.54 Å². The molecule has 0 unspecified atom stereocenters. The molecule has 22 heavy (non-hydrogen) atoms. The number of hydrogen-bond donors (Lipinski definition) is 2. The summed E-state index contributed by atoms with van der Waals surface area (Å²) in [5.74, 6) is -0.281. The second kappa shape index (κ2) is 6.26. The van der Waals surface area contributed by atoms with Gasteiger partial charge in [-0.2, -0.15) is 0 Å². The van der Waals surface area contributed by atoms with Crippen molar-refractivity contribution in [2.24, 2.45) is 0 Å². The third-order valence-electron chi connectivity index (χ3n) is 4.88. The van der Waals surface area contributed by atoms with E-state index in [1.165, 1.54) is 4.90 Å². The Labute approximate surface area is 132 Å². The summed E-state index contributed by atoms with van der Waals surface area (Å²) in [6, 6.07) is -0.352. The number of nitrogens with one attached hydrogen (secondary N) is 2. The highest BCUT2D eigenvalue weighted by molar-refractivity contribution is 6.07. The summed E-state index contributed by atoms with van der Waals surface area (Å²) in [6.45, 7) is 6.06. The fourth-order valence-corrected chi connectivity index (χ4v) is 3.12. The molecule has 0 radical (unpaired) electrons. The van der Waals surface area contributed by atoms with Crippen LogP contribution in [0.25, 0.3) is 0 Å². The molecule has 1 saturated heterocycles. The maximum atomic E-state index is 12.6. The molecule has 1 aliphatic heterocycles. The van der Waals surface area contributed by atoms with E-state index in [0.29, 0.717) is 12.8 Å². The predicted molar refractivity (Wildman–Crippen MR) is 83.2 cm³/mol. The van der Waals surface area contributed by atoms with Crippen LogP contribution >= 0.6 is 0 Å². The fraction of sp³-hybridized carbons (Fsp3) is 0.812. The first-order valence-corrected chi connectivity index (χ1v) is 8.25. The van der Waals surface area contributed by atoms with Crippen molar-refractivity contribution in [1.29, 1.82) is 0 Å². The molecule has 1 spiro atoms. The maximum Gasteiger partial charge on any atom is 0.325 e. The van der Waals surface area contributed by atoms with Gasteiger partial charge in [0.2, 0.25) is 5.91 Å². The SMILES string of the molecule is CCC(C)(C)NC(=O)CCN1C(=O)NC2(CCCCC2)C1=O. The minimum Gasteiger partial charge on any atom is -0.351 e. The maximum absolute atomic E-state index is 12.6. The number of imide groups is 1. The van der Waals surface area contributed by atoms with Crippen LogP contribution < -0.4 is 10.6 Å². The van der Waals surface area contributed by atoms with Gasteiger partial charge in [-0.1, -0.05) is 26.2 Å². The summed E-state index contributed by atoms with van der Waals surface area (Å²) in [5, 5.41) is 5.78. The van der Waals surface area contributed by atoms with Gasteiger partial charge in [-0.05, 0) is 33.1 Å². The number of carbonyl (C=O) groups excluding carboxylic acids is 3. The lowest BCUT2D eigenvalue weighted by Crippen LogP contribution is -2.48. The summed E-state index contributed by atoms with van der Waals surface area (Å²) in [7, 11) is 0. The first kappa shape index (κ1) is 16.8. The number of nitrogens with zero attached hydrogens (tertiary/aromatic N) is 1. The predicted octanol–water partition coefficient (Wildman–Crippen LogP) is 1.94. The Balaban J connectivity index is 1.92. The molecule has 0 atom stereocenters. The van der Waals surface area contributed by atoms with E-state index in [1.54, 1.807) is 0 Å². The third kappa shape index (κ3) is 3.42. The van der Waals surface area contributed by atoms with Crippen LogP contribution in [0.1, 0.15) is 65.7 Å². The molecule has 1 aliphatic carbocycles. The molecule has 1 saturated carbocycles. The molecule has 2 aliphatic rings. The molecule has 2 fully saturated rings. The molecule has 2 rings (SSSR count). The molecule has 124 valence electrons. The highest BCUT2D eigenvalue weighted by Gasteiger charge is 2.51. The van der Waals surface area contributed by atoms with Crippen molar-refractivity contribution < 1.29 is 14.4 Å². The molecule has 0 aromatic carbocycles. The summed E-state index contributed by atoms with van der Waals surface area (Å²) in [5.41, 5.74) is -0.965. The van der Waals surface area contributed by atoms with Gasteiger partial charge >= 0.3 is 6.03 Å². The third-order valence-corrected chi connectivity index (χ3v) is 4.88. The van der Waals surface area contributed by atoms with Gasteiger partial charge in [0.15, 0.2) is 0 Å². The zero-order valence-corrected chi connectivity index (χ0v) is 13.8. The Morgan fingerprint density at radius 2 is 1.91 bits per heavy atom. The lowest BCUT2D eigenvalue weighted by Gasteiger charge is -2.30. The van der Waals surface area contributed by atoms with E-state index in [1.807, 2.05) is 20.8 Å². The van der Waals surface area contributed by atoms with E-state index in [-0.39, 0.29) is 36.3 Å². The standard InChI is InChI=1S/C16H27N3O3/c1-4-15(2,3)17-12(20)8-11-19-13(21)16(18-14(19)22)9-6-5-7-10-16/h4-11H2,1-3H3,(H,17,20)(H,18,22). The highest BCUT2D eigenvalue weighted by atomic mass is 16.2. The number of carbonyl (C=O) groups is 3. The summed E-state index contributed by atoms with van der Waals surface area (Å²) in [6.07, 6.45) is 5.44. The Morgan fingerprint density at radius 1 is 1.27 bits per heavy atom. The number of rotatable bonds is 5. The normalized spacial score (nSPS) is 21.1. The van der Waals surface area contributed by atoms with E-state index >= 15 is 0 Å². The van der Waals surface area contributed by atoms with Crippen molar-refractivity contribution in [3.05, 3.63) is 0 Å². The van der Waals surface area contributed by atoms with Gasteiger partial charge in [0, 0.05) is 18.5 Å². The Hall–Kier alpha value is -1.59. The summed E-state index contributed by atoms with van der Waals surface area (Å²) in [4.78, 5) is 37.8. The molecule has 6 nitrogen and oxygen atoms in total. The average Bonchev–Trinajstić information content (AvgIpc) is 2.68. The topological polar surface area (TPSA) is 78.5 Å². The molecule has 4 amide bonds. The van der Waals surface area contributed by atoms with Gasteiger partial charge in [-0.25, -0.2) is 4.79 Å². The minimum atomic E-state index is -0.700. The van der Waals surface area contributed by atoms with E-state index in [9.17, 15) is 14.4 Å². The second-order valence-corrected chi connectivity index (χ2v) is 7.07. The monoisotopic (exact) mass is 309 g/mol. The van der Waals surface area contributed by atoms with Gasteiger partial charge < -0.3 is 10.6 Å². The van der Waals surface area contributed by atoms with Crippen LogP contribution in [0.15, 0.2) is 0 Å². The highest BCUT2D eigenvalue weighted by Crippen LogP contribution is 2.33. The van der Waals surface area contributed by atoms with Crippen molar-refractivity contribution in [2.45, 2.75) is 76.8 Å². The molecular weight excluding hydrogens is 282 g/mol. The first-order valence-electron chi connectivity index (χ1n) is 8.25. The van der Waals surface area contributed by atoms with Gasteiger partial charge in [0.1, 0.15) is 5.54 Å². The average molecular weight is 309 g/mol. The Morgan fingerprint density at radius 3 is 2.50 bits per heavy atom. The molecule has 0 aromatic rings. The van der Waals surface area contributed by atoms with Crippen LogP contribution in [0.2, 0.25) is 0 Å². The van der Waals surface area contributed by atoms with E-state index in [4.69, 9.17) is 0 Å². The zero-order valence-electron chi connectivity index (χ0n) is 13.8. The lowest BCUT2D eigenvalue weighted by molar-refractivity contribution is -0.132. The van der Waals surface area contributed by atoms with Crippen molar-refractivity contribution in [3.8, 4) is 0 Å². The number of hydrogen-bond acceptors (Lipinski definition) is 3. The smallest absolute Gasteiger partial charge is 0.325 e. The first-order chi connectivity index (χ1) is 10.3. The minimum absolute atomic E-state index is 0.128. The van der Waals surface area contributed by atoms with Crippen LogP contribution in [0, 0.1) is 0 Å². The van der Waals surface area contributed by atoms with Crippen LogP contribution in [0.5, 0.6) is 0 Å². The van der Waals surface area contributed by atoms with Crippen LogP contribution in [0.3, 0.4) is 0 Å². The van der Waals surface area contributed by atoms with Gasteiger partial charge in [-0.3, -0.25) is 14.5 Å². The molecule has 0 aromatic heterocycles. The quantitative estimate of drug-likeness (QED) is 0.762. The van der Waals surface area contributed by atoms with Crippen molar-refractivity contribution in [1.82, 2.24) is 15.5 Å². The molecule has 2 N–H and O–H groups in total. The largest absolute Gasteiger partial charge is 0.351 e. The molecular formula is C16H27N3O3. The Kier molecular flexibility index (Phi) is 4.78. The summed E-state index contributed by atoms with van der Waals surface area (Å²) >= 11 is 0. The van der Waals surface area contributed by atoms with Crippen molar-refractivity contribution in [3.63, 3.8) is 0 Å². The van der Waals surface area contributed by atoms with Crippen molar-refractivity contribution in [2.75, 3.05) is 6.54 Å². The molecule has 6 heteroatoms. The van der Waals surface area contributed by atoms with Crippen LogP contribution in [0.4, 0.5) is 4.79 Å². The van der Waals surface area contributed by atoms with Gasteiger partial charge in [0.05, 0.1) is 0 Å². The molecule has 1 heterocycles.